The molecule has 1 aliphatic rings. The number of hydrogen-bond donors (Lipinski definition) is 1. The van der Waals surface area contributed by atoms with E-state index in [0.717, 1.165) is 25.7 Å². The van der Waals surface area contributed by atoms with Gasteiger partial charge in [0, 0.05) is 13.6 Å². The van der Waals surface area contributed by atoms with Crippen LogP contribution < -0.4 is 5.32 Å². The molecule has 0 bridgehead atoms. The second kappa shape index (κ2) is 9.95. The van der Waals surface area contributed by atoms with Crippen molar-refractivity contribution in [1.82, 2.24) is 10.2 Å². The highest BCUT2D eigenvalue weighted by molar-refractivity contribution is 5.80. The fourth-order valence-corrected chi connectivity index (χ4v) is 2.76. The van der Waals surface area contributed by atoms with Crippen LogP contribution in [0.3, 0.4) is 0 Å². The number of carbonyl (C=O) groups excluding carboxylic acids is 3. The quantitative estimate of drug-likeness (QED) is 0.436. The Hall–Kier alpha value is -1.88. The van der Waals surface area contributed by atoms with Crippen LogP contribution in [0.25, 0.3) is 0 Å². The molecular formula is C15H25N3O4. The first-order valence-corrected chi connectivity index (χ1v) is 7.75. The Morgan fingerprint density at radius 3 is 2.77 bits per heavy atom. The Kier molecular flexibility index (Phi) is 8.22. The van der Waals surface area contributed by atoms with Gasteiger partial charge in [-0.3, -0.25) is 4.79 Å². The van der Waals surface area contributed by atoms with Crippen LogP contribution in [-0.2, 0) is 14.3 Å². The van der Waals surface area contributed by atoms with Crippen LogP contribution in [0.1, 0.15) is 32.6 Å². The van der Waals surface area contributed by atoms with Crippen LogP contribution in [-0.4, -0.2) is 56.3 Å². The van der Waals surface area contributed by atoms with Crippen LogP contribution in [0.2, 0.25) is 0 Å². The van der Waals surface area contributed by atoms with E-state index in [0.29, 0.717) is 31.5 Å². The largest absolute Gasteiger partial charge is 0.465 e. The molecule has 0 spiro atoms. The van der Waals surface area contributed by atoms with Gasteiger partial charge in [-0.05, 0) is 38.0 Å². The number of ether oxygens (including phenoxy) is 1. The number of esters is 1. The van der Waals surface area contributed by atoms with Gasteiger partial charge in [0.1, 0.15) is 6.54 Å². The van der Waals surface area contributed by atoms with Crippen molar-refractivity contribution in [1.29, 1.82) is 0 Å². The molecule has 2 atom stereocenters. The lowest BCUT2D eigenvalue weighted by atomic mass is 9.81. The van der Waals surface area contributed by atoms with Crippen molar-refractivity contribution in [3.05, 3.63) is 0 Å². The highest BCUT2D eigenvalue weighted by atomic mass is 16.5. The second-order valence-electron chi connectivity index (χ2n) is 5.68. The number of rotatable bonds is 7. The van der Waals surface area contributed by atoms with Gasteiger partial charge in [0.15, 0.2) is 0 Å². The molecule has 124 valence electrons. The number of hydrogen-bond acceptors (Lipinski definition) is 5. The second-order valence-corrected chi connectivity index (χ2v) is 5.68. The van der Waals surface area contributed by atoms with E-state index in [4.69, 9.17) is 4.74 Å². The Bertz CT molecular complexity index is 421. The Morgan fingerprint density at radius 2 is 2.09 bits per heavy atom. The minimum atomic E-state index is -0.412. The molecule has 1 rings (SSSR count). The van der Waals surface area contributed by atoms with E-state index < -0.39 is 5.97 Å². The average molecular weight is 311 g/mol. The monoisotopic (exact) mass is 311 g/mol. The van der Waals surface area contributed by atoms with Crippen molar-refractivity contribution in [3.63, 3.8) is 0 Å². The number of urea groups is 1. The number of likely N-dealkylation sites (N-methyl/N-ethyl adjacent to an activating group) is 1. The molecule has 1 fully saturated rings. The van der Waals surface area contributed by atoms with Gasteiger partial charge in [-0.2, -0.15) is 0 Å². The minimum absolute atomic E-state index is 0.0545. The summed E-state index contributed by atoms with van der Waals surface area (Å²) in [5.74, 6) is 0.375. The molecule has 0 aromatic heterocycles. The molecule has 0 aromatic carbocycles. The molecular weight excluding hydrogens is 286 g/mol. The SMILES string of the molecule is CCOC(=O)CN(C)C(=O)NCC1CCCC(CN=C=O)C1. The summed E-state index contributed by atoms with van der Waals surface area (Å²) in [6.07, 6.45) is 5.74. The van der Waals surface area contributed by atoms with E-state index in [9.17, 15) is 14.4 Å². The first-order valence-electron chi connectivity index (χ1n) is 7.75. The molecule has 7 nitrogen and oxygen atoms in total. The zero-order chi connectivity index (χ0) is 16.4. The van der Waals surface area contributed by atoms with Crippen molar-refractivity contribution in [2.24, 2.45) is 16.8 Å². The maximum Gasteiger partial charge on any atom is 0.325 e. The topological polar surface area (TPSA) is 88.1 Å². The van der Waals surface area contributed by atoms with Gasteiger partial charge in [0.05, 0.1) is 13.2 Å². The van der Waals surface area contributed by atoms with Crippen LogP contribution in [0.4, 0.5) is 4.79 Å². The third-order valence-electron chi connectivity index (χ3n) is 3.87. The fraction of sp³-hybridized carbons (Fsp3) is 0.800. The summed E-state index contributed by atoms with van der Waals surface area (Å²) in [4.78, 5) is 38.4. The number of nitrogens with one attached hydrogen (secondary N) is 1. The van der Waals surface area contributed by atoms with Crippen LogP contribution in [0.5, 0.6) is 0 Å². The predicted molar refractivity (Wildman–Crippen MR) is 81.1 cm³/mol. The lowest BCUT2D eigenvalue weighted by molar-refractivity contribution is -0.143. The van der Waals surface area contributed by atoms with Crippen molar-refractivity contribution < 1.29 is 19.1 Å². The summed E-state index contributed by atoms with van der Waals surface area (Å²) >= 11 is 0. The highest BCUT2D eigenvalue weighted by Crippen LogP contribution is 2.28. The Morgan fingerprint density at radius 1 is 1.36 bits per heavy atom. The number of isocyanates is 1. The van der Waals surface area contributed by atoms with Crippen LogP contribution in [0.15, 0.2) is 4.99 Å². The molecule has 1 saturated carbocycles. The predicted octanol–water partition coefficient (Wildman–Crippen LogP) is 1.33. The molecule has 0 radical (unpaired) electrons. The van der Waals surface area contributed by atoms with Gasteiger partial charge < -0.3 is 15.0 Å². The lowest BCUT2D eigenvalue weighted by Gasteiger charge is -2.28. The maximum atomic E-state index is 11.9. The molecule has 0 aromatic rings. The van der Waals surface area contributed by atoms with Crippen molar-refractivity contribution in [2.75, 3.05) is 33.3 Å². The summed E-state index contributed by atoms with van der Waals surface area (Å²) in [6.45, 7) is 3.08. The van der Waals surface area contributed by atoms with Crippen LogP contribution >= 0.6 is 0 Å². The number of amides is 2. The van der Waals surface area contributed by atoms with E-state index in [2.05, 4.69) is 10.3 Å². The van der Waals surface area contributed by atoms with Gasteiger partial charge in [0.2, 0.25) is 6.08 Å². The molecule has 2 unspecified atom stereocenters. The summed E-state index contributed by atoms with van der Waals surface area (Å²) in [5, 5.41) is 2.85. The van der Waals surface area contributed by atoms with E-state index in [1.165, 1.54) is 4.90 Å². The van der Waals surface area contributed by atoms with Crippen molar-refractivity contribution in [3.8, 4) is 0 Å². The van der Waals surface area contributed by atoms with Gasteiger partial charge in [-0.1, -0.05) is 6.42 Å². The number of carbonyl (C=O) groups is 2. The molecule has 22 heavy (non-hydrogen) atoms. The summed E-state index contributed by atoms with van der Waals surface area (Å²) < 4.78 is 4.81. The highest BCUT2D eigenvalue weighted by Gasteiger charge is 2.23. The Labute approximate surface area is 131 Å². The number of nitrogens with zero attached hydrogens (tertiary/aromatic N) is 2. The zero-order valence-corrected chi connectivity index (χ0v) is 13.3. The van der Waals surface area contributed by atoms with Crippen LogP contribution in [0, 0.1) is 11.8 Å². The normalized spacial score (nSPS) is 20.6. The third-order valence-corrected chi connectivity index (χ3v) is 3.87. The Balaban J connectivity index is 2.30. The standard InChI is InChI=1S/C15H25N3O4/c1-3-22-14(20)10-18(2)15(21)17-9-13-6-4-5-12(7-13)8-16-11-19/h12-13H,3-10H2,1-2H3,(H,17,21). The maximum absolute atomic E-state index is 11.9. The van der Waals surface area contributed by atoms with Gasteiger partial charge in [0.25, 0.3) is 0 Å². The average Bonchev–Trinajstić information content (AvgIpc) is 2.51. The smallest absolute Gasteiger partial charge is 0.325 e. The zero-order valence-electron chi connectivity index (χ0n) is 13.3. The molecule has 0 saturated heterocycles. The molecule has 2 amide bonds. The first kappa shape index (κ1) is 18.2. The first-order chi connectivity index (χ1) is 10.6. The van der Waals surface area contributed by atoms with E-state index in [-0.39, 0.29) is 12.6 Å². The van der Waals surface area contributed by atoms with Gasteiger partial charge >= 0.3 is 12.0 Å². The van der Waals surface area contributed by atoms with Crippen molar-refractivity contribution >= 4 is 18.1 Å². The summed E-state index contributed by atoms with van der Waals surface area (Å²) in [6, 6.07) is -0.277. The number of aliphatic imine (C=N–C) groups is 1. The third kappa shape index (κ3) is 6.72. The van der Waals surface area contributed by atoms with Gasteiger partial charge in [-0.15, -0.1) is 0 Å². The van der Waals surface area contributed by atoms with E-state index in [1.54, 1.807) is 20.1 Å². The van der Waals surface area contributed by atoms with E-state index in [1.807, 2.05) is 0 Å². The lowest BCUT2D eigenvalue weighted by Crippen LogP contribution is -2.42. The molecule has 7 heteroatoms. The molecule has 0 aliphatic heterocycles. The summed E-state index contributed by atoms with van der Waals surface area (Å²) in [5.41, 5.74) is 0. The fourth-order valence-electron chi connectivity index (χ4n) is 2.76. The minimum Gasteiger partial charge on any atom is -0.465 e. The molecule has 1 N–H and O–H groups in total. The van der Waals surface area contributed by atoms with Gasteiger partial charge in [-0.25, -0.2) is 14.6 Å². The summed E-state index contributed by atoms with van der Waals surface area (Å²) in [7, 11) is 1.56. The van der Waals surface area contributed by atoms with Crippen molar-refractivity contribution in [2.45, 2.75) is 32.6 Å². The molecule has 0 heterocycles. The van der Waals surface area contributed by atoms with E-state index >= 15 is 0 Å². The molecule has 1 aliphatic carbocycles.